The zero-order chi connectivity index (χ0) is 34.9. The van der Waals surface area contributed by atoms with Crippen LogP contribution in [0, 0.1) is 17.1 Å². The van der Waals surface area contributed by atoms with Crippen molar-refractivity contribution in [2.75, 3.05) is 16.3 Å². The van der Waals surface area contributed by atoms with E-state index in [2.05, 4.69) is 10.3 Å². The topological polar surface area (TPSA) is 167 Å². The summed E-state index contributed by atoms with van der Waals surface area (Å²) in [7, 11) is -4.33. The Bertz CT molecular complexity index is 1760. The molecule has 3 N–H and O–H groups in total. The van der Waals surface area contributed by atoms with E-state index >= 15 is 0 Å². The third kappa shape index (κ3) is 9.50. The minimum absolute atomic E-state index is 0.0801. The summed E-state index contributed by atoms with van der Waals surface area (Å²) < 4.78 is 63.7. The number of amides is 3. The van der Waals surface area contributed by atoms with Crippen molar-refractivity contribution in [3.8, 4) is 6.07 Å². The number of nitriles is 1. The van der Waals surface area contributed by atoms with E-state index in [0.29, 0.717) is 30.4 Å². The van der Waals surface area contributed by atoms with Crippen LogP contribution in [-0.4, -0.2) is 50.1 Å². The van der Waals surface area contributed by atoms with Gasteiger partial charge in [0, 0.05) is 54.3 Å². The minimum Gasteiger partial charge on any atom is -0.351 e. The van der Waals surface area contributed by atoms with Crippen molar-refractivity contribution in [2.24, 2.45) is 5.14 Å². The van der Waals surface area contributed by atoms with E-state index in [9.17, 15) is 36.0 Å². The summed E-state index contributed by atoms with van der Waals surface area (Å²) in [5.74, 6) is -4.08. The number of hydrogen-bond donors (Lipinski definition) is 2. The number of anilines is 2. The molecule has 0 bridgehead atoms. The standard InChI is InChI=1S/C19H17ClF3N3O4S.C10H9N3O.C2H6/c20-16-4-2-1-3-15(16)17(18(28)25-12-8-19(22,23)9-12)26(10-27)13-5-11(21)6-14(7-13)31(24,29)30;11-7-8-3-4-12-9(6-8)13-5-1-2-10(13)14;1-2/h1-7,10,12,17H,8-9H2,(H,25,28)(H2,24,29,30);3-4,6H,1-2,5H2;1-2H3. The van der Waals surface area contributed by atoms with Gasteiger partial charge in [-0.25, -0.2) is 31.7 Å². The number of carbonyl (C=O) groups excluding carboxylic acids is 3. The Balaban J connectivity index is 0.000000311. The lowest BCUT2D eigenvalue weighted by Crippen LogP contribution is -2.53. The van der Waals surface area contributed by atoms with E-state index in [1.165, 1.54) is 18.2 Å². The molecule has 1 saturated carbocycles. The van der Waals surface area contributed by atoms with Gasteiger partial charge in [-0.3, -0.25) is 24.2 Å². The zero-order valence-corrected chi connectivity index (χ0v) is 26.9. The molecule has 2 fully saturated rings. The number of nitrogens with zero attached hydrogens (tertiary/aromatic N) is 4. The zero-order valence-electron chi connectivity index (χ0n) is 25.4. The van der Waals surface area contributed by atoms with E-state index in [-0.39, 0.29) is 28.6 Å². The predicted octanol–water partition coefficient (Wildman–Crippen LogP) is 4.85. The van der Waals surface area contributed by atoms with Crippen molar-refractivity contribution in [2.45, 2.75) is 62.4 Å². The SMILES string of the molecule is CC.N#Cc1ccnc(N2CCCC2=O)c1.NS(=O)(=O)c1cc(F)cc(N(C=O)C(C(=O)NC2CC(F)(F)C2)c2ccccc2Cl)c1. The maximum Gasteiger partial charge on any atom is 0.252 e. The van der Waals surface area contributed by atoms with E-state index < -0.39 is 57.5 Å². The fraction of sp³-hybridized carbons (Fsp3) is 0.323. The highest BCUT2D eigenvalue weighted by atomic mass is 35.5. The number of primary sulfonamides is 1. The number of carbonyl (C=O) groups is 3. The average Bonchev–Trinajstić information content (AvgIpc) is 3.45. The van der Waals surface area contributed by atoms with Gasteiger partial charge in [-0.15, -0.1) is 0 Å². The molecule has 1 aliphatic heterocycles. The van der Waals surface area contributed by atoms with Crippen LogP contribution in [0.1, 0.15) is 56.7 Å². The number of benzene rings is 2. The van der Waals surface area contributed by atoms with Crippen LogP contribution in [0.2, 0.25) is 5.02 Å². The third-order valence-corrected chi connectivity index (χ3v) is 8.22. The molecule has 3 amide bonds. The van der Waals surface area contributed by atoms with Gasteiger partial charge < -0.3 is 5.32 Å². The molecular weight excluding hydrogens is 661 g/mol. The molecule has 16 heteroatoms. The van der Waals surface area contributed by atoms with Gasteiger partial charge >= 0.3 is 0 Å². The van der Waals surface area contributed by atoms with E-state index in [4.69, 9.17) is 22.0 Å². The summed E-state index contributed by atoms with van der Waals surface area (Å²) in [6.45, 7) is 4.71. The number of nitrogens with one attached hydrogen (secondary N) is 1. The number of sulfonamides is 1. The van der Waals surface area contributed by atoms with E-state index in [0.717, 1.165) is 23.5 Å². The van der Waals surface area contributed by atoms with Crippen LogP contribution < -0.4 is 20.3 Å². The lowest BCUT2D eigenvalue weighted by atomic mass is 9.87. The molecule has 2 aromatic carbocycles. The van der Waals surface area contributed by atoms with E-state index in [1.807, 2.05) is 19.9 Å². The Morgan fingerprint density at radius 3 is 2.45 bits per heavy atom. The summed E-state index contributed by atoms with van der Waals surface area (Å²) in [6.07, 6.45) is 2.06. The smallest absolute Gasteiger partial charge is 0.252 e. The fourth-order valence-electron chi connectivity index (χ4n) is 4.82. The maximum atomic E-state index is 14.1. The number of aromatic nitrogens is 1. The largest absolute Gasteiger partial charge is 0.351 e. The molecule has 2 heterocycles. The number of rotatable bonds is 8. The van der Waals surface area contributed by atoms with Crippen molar-refractivity contribution in [3.63, 3.8) is 0 Å². The van der Waals surface area contributed by atoms with Gasteiger partial charge in [0.05, 0.1) is 16.5 Å². The van der Waals surface area contributed by atoms with Gasteiger partial charge in [0.2, 0.25) is 28.2 Å². The Kier molecular flexibility index (Phi) is 12.5. The Labute approximate surface area is 275 Å². The lowest BCUT2D eigenvalue weighted by molar-refractivity contribution is -0.131. The Hall–Kier alpha value is -4.52. The van der Waals surface area contributed by atoms with Crippen LogP contribution in [0.15, 0.2) is 65.7 Å². The van der Waals surface area contributed by atoms with Crippen LogP contribution in [0.25, 0.3) is 0 Å². The second-order valence-electron chi connectivity index (χ2n) is 10.3. The second kappa shape index (κ2) is 15.9. The van der Waals surface area contributed by atoms with Crippen molar-refractivity contribution < 1.29 is 36.0 Å². The molecule has 1 unspecified atom stereocenters. The quantitative estimate of drug-likeness (QED) is 0.318. The molecule has 11 nitrogen and oxygen atoms in total. The fourth-order valence-corrected chi connectivity index (χ4v) is 5.62. The van der Waals surface area contributed by atoms with Crippen LogP contribution >= 0.6 is 11.6 Å². The molecule has 3 aromatic rings. The van der Waals surface area contributed by atoms with Crippen LogP contribution in [-0.2, 0) is 24.4 Å². The molecule has 5 rings (SSSR count). The summed E-state index contributed by atoms with van der Waals surface area (Å²) in [5.41, 5.74) is 0.369. The summed E-state index contributed by atoms with van der Waals surface area (Å²) in [6, 6.07) is 11.4. The first kappa shape index (κ1) is 36.9. The third-order valence-electron chi connectivity index (χ3n) is 6.98. The Morgan fingerprint density at radius 1 is 1.21 bits per heavy atom. The first-order chi connectivity index (χ1) is 22.2. The highest BCUT2D eigenvalue weighted by molar-refractivity contribution is 7.89. The summed E-state index contributed by atoms with van der Waals surface area (Å²) >= 11 is 6.18. The predicted molar refractivity (Wildman–Crippen MR) is 169 cm³/mol. The van der Waals surface area contributed by atoms with Gasteiger partial charge in [0.25, 0.3) is 5.92 Å². The van der Waals surface area contributed by atoms with Gasteiger partial charge in [-0.2, -0.15) is 5.26 Å². The number of alkyl halides is 2. The molecule has 1 saturated heterocycles. The molecule has 250 valence electrons. The number of nitrogens with two attached hydrogens (primary N) is 1. The van der Waals surface area contributed by atoms with Crippen molar-refractivity contribution >= 4 is 51.4 Å². The van der Waals surface area contributed by atoms with E-state index in [1.54, 1.807) is 29.3 Å². The van der Waals surface area contributed by atoms with Crippen LogP contribution in [0.4, 0.5) is 24.7 Å². The van der Waals surface area contributed by atoms with Gasteiger partial charge in [-0.05, 0) is 42.8 Å². The summed E-state index contributed by atoms with van der Waals surface area (Å²) in [5, 5.41) is 16.2. The van der Waals surface area contributed by atoms with Crippen molar-refractivity contribution in [1.29, 1.82) is 5.26 Å². The van der Waals surface area contributed by atoms with Gasteiger partial charge in [0.1, 0.15) is 17.7 Å². The molecular formula is C31H32ClF3N6O5S. The molecule has 1 aromatic heterocycles. The highest BCUT2D eigenvalue weighted by Gasteiger charge is 2.47. The Morgan fingerprint density at radius 2 is 1.89 bits per heavy atom. The minimum atomic E-state index is -4.33. The molecule has 1 aliphatic carbocycles. The van der Waals surface area contributed by atoms with Crippen molar-refractivity contribution in [3.05, 3.63) is 82.8 Å². The summed E-state index contributed by atoms with van der Waals surface area (Å²) in [4.78, 5) is 42.2. The molecule has 0 radical (unpaired) electrons. The molecule has 0 spiro atoms. The van der Waals surface area contributed by atoms with Crippen molar-refractivity contribution in [1.82, 2.24) is 10.3 Å². The molecule has 47 heavy (non-hydrogen) atoms. The number of pyridine rings is 1. The maximum absolute atomic E-state index is 14.1. The monoisotopic (exact) mass is 692 g/mol. The number of hydrogen-bond acceptors (Lipinski definition) is 7. The molecule has 2 aliphatic rings. The highest BCUT2D eigenvalue weighted by Crippen LogP contribution is 2.38. The first-order valence-electron chi connectivity index (χ1n) is 14.4. The lowest BCUT2D eigenvalue weighted by Gasteiger charge is -2.37. The first-order valence-corrected chi connectivity index (χ1v) is 16.3. The average molecular weight is 693 g/mol. The normalized spacial score (nSPS) is 15.9. The van der Waals surface area contributed by atoms with Crippen LogP contribution in [0.3, 0.4) is 0 Å². The van der Waals surface area contributed by atoms with Gasteiger partial charge in [0.15, 0.2) is 0 Å². The van der Waals surface area contributed by atoms with Gasteiger partial charge in [-0.1, -0.05) is 43.6 Å². The molecule has 1 atom stereocenters. The van der Waals surface area contributed by atoms with Crippen LogP contribution in [0.5, 0.6) is 0 Å². The second-order valence-corrected chi connectivity index (χ2v) is 12.2. The number of halogens is 4.